The van der Waals surface area contributed by atoms with Crippen LogP contribution in [0.4, 0.5) is 4.79 Å². The smallest absolute Gasteiger partial charge is 0.407 e. The van der Waals surface area contributed by atoms with E-state index in [1.165, 1.54) is 0 Å². The van der Waals surface area contributed by atoms with Gasteiger partial charge < -0.3 is 10.1 Å². The molecule has 1 saturated heterocycles. The normalized spacial score (nSPS) is 19.2. The second-order valence-corrected chi connectivity index (χ2v) is 9.90. The Morgan fingerprint density at radius 2 is 2.00 bits per heavy atom. The molecule has 1 fully saturated rings. The van der Waals surface area contributed by atoms with Crippen LogP contribution in [0.1, 0.15) is 44.7 Å². The minimum atomic E-state index is -3.37. The standard InChI is InChI=1S/C19H30N2O4S/c1-15-8-5-6-10-17(15)14-26(23,24)21-11-7-9-16(13-21)12-20-18(22)25-19(2,3)4/h5-6,8,10,16H,7,9,11-14H2,1-4H3,(H,20,22)/t16-/m1/s1. The highest BCUT2D eigenvalue weighted by atomic mass is 32.2. The molecular weight excluding hydrogens is 352 g/mol. The molecule has 1 aromatic rings. The third-order valence-electron chi connectivity index (χ3n) is 4.41. The molecular formula is C19H30N2O4S. The molecule has 1 amide bonds. The number of sulfonamides is 1. The Balaban J connectivity index is 1.92. The van der Waals surface area contributed by atoms with Crippen LogP contribution in [0.2, 0.25) is 0 Å². The number of amides is 1. The number of nitrogens with one attached hydrogen (secondary N) is 1. The van der Waals surface area contributed by atoms with Crippen molar-refractivity contribution in [3.05, 3.63) is 35.4 Å². The molecule has 6 nitrogen and oxygen atoms in total. The second-order valence-electron chi connectivity index (χ2n) is 7.93. The van der Waals surface area contributed by atoms with E-state index in [1.807, 2.05) is 52.0 Å². The third kappa shape index (κ3) is 6.29. The van der Waals surface area contributed by atoms with Crippen molar-refractivity contribution < 1.29 is 17.9 Å². The number of carbonyl (C=O) groups excluding carboxylic acids is 1. The lowest BCUT2D eigenvalue weighted by Gasteiger charge is -2.32. The molecule has 0 aromatic heterocycles. The zero-order valence-electron chi connectivity index (χ0n) is 16.1. The Kier molecular flexibility index (Phi) is 6.69. The summed E-state index contributed by atoms with van der Waals surface area (Å²) in [4.78, 5) is 11.8. The highest BCUT2D eigenvalue weighted by molar-refractivity contribution is 7.88. The second kappa shape index (κ2) is 8.39. The van der Waals surface area contributed by atoms with E-state index < -0.39 is 21.7 Å². The van der Waals surface area contributed by atoms with Crippen LogP contribution in [0.25, 0.3) is 0 Å². The summed E-state index contributed by atoms with van der Waals surface area (Å²) < 4.78 is 32.4. The van der Waals surface area contributed by atoms with Crippen molar-refractivity contribution in [3.8, 4) is 0 Å². The molecule has 146 valence electrons. The monoisotopic (exact) mass is 382 g/mol. The molecule has 1 aromatic carbocycles. The Morgan fingerprint density at radius 1 is 1.31 bits per heavy atom. The van der Waals surface area contributed by atoms with Gasteiger partial charge in [-0.05, 0) is 57.6 Å². The highest BCUT2D eigenvalue weighted by Gasteiger charge is 2.29. The number of benzene rings is 1. The summed E-state index contributed by atoms with van der Waals surface area (Å²) in [6.45, 7) is 8.76. The summed E-state index contributed by atoms with van der Waals surface area (Å²) in [5, 5.41) is 2.76. The van der Waals surface area contributed by atoms with Crippen LogP contribution in [0.15, 0.2) is 24.3 Å². The third-order valence-corrected chi connectivity index (χ3v) is 6.20. The average Bonchev–Trinajstić information content (AvgIpc) is 2.54. The minimum Gasteiger partial charge on any atom is -0.444 e. The van der Waals surface area contributed by atoms with Crippen molar-refractivity contribution in [1.29, 1.82) is 0 Å². The quantitative estimate of drug-likeness (QED) is 0.849. The maximum Gasteiger partial charge on any atom is 0.407 e. The number of hydrogen-bond donors (Lipinski definition) is 1. The van der Waals surface area contributed by atoms with Gasteiger partial charge in [-0.2, -0.15) is 0 Å². The van der Waals surface area contributed by atoms with Gasteiger partial charge >= 0.3 is 6.09 Å². The van der Waals surface area contributed by atoms with Crippen LogP contribution >= 0.6 is 0 Å². The first kappa shape index (κ1) is 20.7. The molecule has 0 unspecified atom stereocenters. The molecule has 1 aliphatic heterocycles. The molecule has 7 heteroatoms. The van der Waals surface area contributed by atoms with Crippen LogP contribution in [0.5, 0.6) is 0 Å². The zero-order valence-corrected chi connectivity index (χ0v) is 16.9. The van der Waals surface area contributed by atoms with Crippen molar-refractivity contribution in [1.82, 2.24) is 9.62 Å². The summed E-state index contributed by atoms with van der Waals surface area (Å²) in [7, 11) is -3.37. The number of carbonyl (C=O) groups is 1. The molecule has 0 bridgehead atoms. The lowest BCUT2D eigenvalue weighted by molar-refractivity contribution is 0.0513. The van der Waals surface area contributed by atoms with E-state index in [2.05, 4.69) is 5.32 Å². The molecule has 26 heavy (non-hydrogen) atoms. The van der Waals surface area contributed by atoms with E-state index in [4.69, 9.17) is 4.74 Å². The fraction of sp³-hybridized carbons (Fsp3) is 0.632. The number of hydrogen-bond acceptors (Lipinski definition) is 4. The van der Waals surface area contributed by atoms with Gasteiger partial charge in [-0.25, -0.2) is 17.5 Å². The van der Waals surface area contributed by atoms with Gasteiger partial charge in [0.25, 0.3) is 0 Å². The predicted molar refractivity (Wildman–Crippen MR) is 102 cm³/mol. The van der Waals surface area contributed by atoms with Gasteiger partial charge in [0.05, 0.1) is 5.75 Å². The Labute approximate surface area is 157 Å². The van der Waals surface area contributed by atoms with Crippen molar-refractivity contribution in [3.63, 3.8) is 0 Å². The fourth-order valence-electron chi connectivity index (χ4n) is 3.05. The lowest BCUT2D eigenvalue weighted by Crippen LogP contribution is -2.44. The largest absolute Gasteiger partial charge is 0.444 e. The van der Waals surface area contributed by atoms with Gasteiger partial charge in [0.2, 0.25) is 10.0 Å². The summed E-state index contributed by atoms with van der Waals surface area (Å²) in [6, 6.07) is 7.55. The first-order chi connectivity index (χ1) is 12.1. The van der Waals surface area contributed by atoms with Crippen molar-refractivity contribution in [2.75, 3.05) is 19.6 Å². The summed E-state index contributed by atoms with van der Waals surface area (Å²) in [5.74, 6) is 0.120. The first-order valence-corrected chi connectivity index (χ1v) is 10.7. The number of rotatable bonds is 5. The molecule has 0 radical (unpaired) electrons. The molecule has 1 aliphatic rings. The van der Waals surface area contributed by atoms with Gasteiger partial charge in [-0.15, -0.1) is 0 Å². The van der Waals surface area contributed by atoms with Crippen LogP contribution < -0.4 is 5.32 Å². The Morgan fingerprint density at radius 3 is 2.65 bits per heavy atom. The van der Waals surface area contributed by atoms with Crippen LogP contribution in [0, 0.1) is 12.8 Å². The number of ether oxygens (including phenoxy) is 1. The maximum absolute atomic E-state index is 12.8. The minimum absolute atomic E-state index is 0.0197. The summed E-state index contributed by atoms with van der Waals surface area (Å²) in [5.41, 5.74) is 1.28. The number of piperidine rings is 1. The molecule has 1 N–H and O–H groups in total. The van der Waals surface area contributed by atoms with Crippen LogP contribution in [-0.4, -0.2) is 44.1 Å². The SMILES string of the molecule is Cc1ccccc1CS(=O)(=O)N1CCC[C@H](CNC(=O)OC(C)(C)C)C1. The zero-order chi connectivity index (χ0) is 19.4. The molecule has 0 saturated carbocycles. The van der Waals surface area contributed by atoms with E-state index in [0.717, 1.165) is 24.0 Å². The molecule has 2 rings (SSSR count). The van der Waals surface area contributed by atoms with E-state index >= 15 is 0 Å². The van der Waals surface area contributed by atoms with Gasteiger partial charge in [0, 0.05) is 19.6 Å². The summed E-state index contributed by atoms with van der Waals surface area (Å²) in [6.07, 6.45) is 1.23. The molecule has 1 atom stereocenters. The van der Waals surface area contributed by atoms with Crippen molar-refractivity contribution in [2.45, 2.75) is 51.9 Å². The first-order valence-electron chi connectivity index (χ1n) is 9.06. The van der Waals surface area contributed by atoms with Gasteiger partial charge in [-0.3, -0.25) is 0 Å². The Hall–Kier alpha value is -1.60. The predicted octanol–water partition coefficient (Wildman–Crippen LogP) is 3.06. The van der Waals surface area contributed by atoms with Gasteiger partial charge in [-0.1, -0.05) is 24.3 Å². The number of aryl methyl sites for hydroxylation is 1. The van der Waals surface area contributed by atoms with E-state index in [1.54, 1.807) is 4.31 Å². The topological polar surface area (TPSA) is 75.7 Å². The Bertz CT molecular complexity index is 725. The lowest BCUT2D eigenvalue weighted by atomic mass is 10.00. The molecule has 0 spiro atoms. The fourth-order valence-corrected chi connectivity index (χ4v) is 4.79. The molecule has 0 aliphatic carbocycles. The van der Waals surface area contributed by atoms with Crippen LogP contribution in [-0.2, 0) is 20.5 Å². The van der Waals surface area contributed by atoms with Crippen molar-refractivity contribution in [2.24, 2.45) is 5.92 Å². The highest BCUT2D eigenvalue weighted by Crippen LogP contribution is 2.22. The maximum atomic E-state index is 12.8. The summed E-state index contributed by atoms with van der Waals surface area (Å²) >= 11 is 0. The average molecular weight is 383 g/mol. The van der Waals surface area contributed by atoms with Crippen molar-refractivity contribution >= 4 is 16.1 Å². The number of nitrogens with zero attached hydrogens (tertiary/aromatic N) is 1. The van der Waals surface area contributed by atoms with E-state index in [-0.39, 0.29) is 11.7 Å². The molecule has 1 heterocycles. The van der Waals surface area contributed by atoms with E-state index in [9.17, 15) is 13.2 Å². The van der Waals surface area contributed by atoms with Gasteiger partial charge in [0.1, 0.15) is 5.60 Å². The van der Waals surface area contributed by atoms with Gasteiger partial charge in [0.15, 0.2) is 0 Å². The number of alkyl carbamates (subject to hydrolysis) is 1. The van der Waals surface area contributed by atoms with E-state index in [0.29, 0.717) is 19.6 Å². The van der Waals surface area contributed by atoms with Crippen LogP contribution in [0.3, 0.4) is 0 Å².